The van der Waals surface area contributed by atoms with Crippen LogP contribution in [0.25, 0.3) is 0 Å². The third-order valence-corrected chi connectivity index (χ3v) is 4.42. The maximum absolute atomic E-state index is 5.41. The minimum atomic E-state index is 0.303. The molecule has 1 saturated heterocycles. The molecule has 0 aromatic carbocycles. The lowest BCUT2D eigenvalue weighted by molar-refractivity contribution is 0.0341. The molecule has 1 aliphatic rings. The topological polar surface area (TPSA) is 37.4 Å². The lowest BCUT2D eigenvalue weighted by Gasteiger charge is -2.27. The molecule has 0 saturated carbocycles. The van der Waals surface area contributed by atoms with E-state index in [1.165, 1.54) is 11.1 Å². The van der Waals surface area contributed by atoms with Gasteiger partial charge in [-0.25, -0.2) is 4.98 Å². The Morgan fingerprint density at radius 2 is 2.05 bits per heavy atom. The molecule has 21 heavy (non-hydrogen) atoms. The molecule has 1 aromatic heterocycles. The molecule has 1 aliphatic heterocycles. The monoisotopic (exact) mass is 291 g/mol. The summed E-state index contributed by atoms with van der Waals surface area (Å²) in [5.41, 5.74) is 2.93. The van der Waals surface area contributed by atoms with Crippen molar-refractivity contribution in [3.05, 3.63) is 23.4 Å². The third-order valence-electron chi connectivity index (χ3n) is 4.42. The Balaban J connectivity index is 1.99. The summed E-state index contributed by atoms with van der Waals surface area (Å²) < 4.78 is 5.41. The molecule has 0 atom stereocenters. The van der Waals surface area contributed by atoms with Crippen LogP contribution >= 0.6 is 0 Å². The number of pyridine rings is 1. The van der Waals surface area contributed by atoms with E-state index in [0.29, 0.717) is 5.41 Å². The van der Waals surface area contributed by atoms with Crippen LogP contribution in [0.1, 0.15) is 38.3 Å². The quantitative estimate of drug-likeness (QED) is 0.874. The van der Waals surface area contributed by atoms with Crippen molar-refractivity contribution in [2.24, 2.45) is 5.41 Å². The van der Waals surface area contributed by atoms with E-state index in [4.69, 9.17) is 4.74 Å². The van der Waals surface area contributed by atoms with Gasteiger partial charge < -0.3 is 10.1 Å². The highest BCUT2D eigenvalue weighted by atomic mass is 16.5. The summed E-state index contributed by atoms with van der Waals surface area (Å²) in [5.74, 6) is 0.991. The molecule has 0 bridgehead atoms. The van der Waals surface area contributed by atoms with E-state index in [1.807, 2.05) is 6.20 Å². The van der Waals surface area contributed by atoms with Crippen molar-refractivity contribution < 1.29 is 4.74 Å². The second-order valence-electron chi connectivity index (χ2n) is 6.76. The summed E-state index contributed by atoms with van der Waals surface area (Å²) >= 11 is 0. The second kappa shape index (κ2) is 7.23. The van der Waals surface area contributed by atoms with Crippen LogP contribution in [0.3, 0.4) is 0 Å². The van der Waals surface area contributed by atoms with Crippen LogP contribution in [0.5, 0.6) is 0 Å². The summed E-state index contributed by atoms with van der Waals surface area (Å²) in [6.07, 6.45) is 3.14. The van der Waals surface area contributed by atoms with E-state index < -0.39 is 0 Å². The molecule has 0 unspecified atom stereocenters. The van der Waals surface area contributed by atoms with E-state index >= 15 is 0 Å². The van der Waals surface area contributed by atoms with Crippen LogP contribution in [-0.2, 0) is 11.3 Å². The van der Waals surface area contributed by atoms with Gasteiger partial charge in [-0.2, -0.15) is 0 Å². The molecular formula is C17H29N3O. The van der Waals surface area contributed by atoms with Crippen molar-refractivity contribution in [3.63, 3.8) is 0 Å². The summed E-state index contributed by atoms with van der Waals surface area (Å²) in [4.78, 5) is 6.97. The lowest BCUT2D eigenvalue weighted by Crippen LogP contribution is -2.35. The zero-order chi connectivity index (χ0) is 15.3. The molecule has 0 radical (unpaired) electrons. The molecule has 1 N–H and O–H groups in total. The van der Waals surface area contributed by atoms with Crippen LogP contribution in [0.2, 0.25) is 0 Å². The number of nitrogens with zero attached hydrogens (tertiary/aromatic N) is 2. The minimum absolute atomic E-state index is 0.303. The first-order valence-electron chi connectivity index (χ1n) is 8.00. The zero-order valence-corrected chi connectivity index (χ0v) is 13.9. The van der Waals surface area contributed by atoms with Crippen LogP contribution in [0.4, 0.5) is 5.82 Å². The molecule has 0 amide bonds. The fourth-order valence-electron chi connectivity index (χ4n) is 2.29. The van der Waals surface area contributed by atoms with Crippen molar-refractivity contribution in [1.82, 2.24) is 9.88 Å². The van der Waals surface area contributed by atoms with Crippen molar-refractivity contribution in [3.8, 4) is 0 Å². The summed E-state index contributed by atoms with van der Waals surface area (Å²) in [6, 6.07) is 2.20. The van der Waals surface area contributed by atoms with Crippen molar-refractivity contribution in [2.75, 3.05) is 38.2 Å². The highest BCUT2D eigenvalue weighted by molar-refractivity contribution is 5.41. The van der Waals surface area contributed by atoms with Gasteiger partial charge in [-0.3, -0.25) is 4.90 Å². The average molecular weight is 291 g/mol. The average Bonchev–Trinajstić information content (AvgIpc) is 2.49. The Bertz CT molecular complexity index is 453. The fraction of sp³-hybridized carbons (Fsp3) is 0.706. The van der Waals surface area contributed by atoms with Gasteiger partial charge in [0.05, 0.1) is 13.2 Å². The first-order chi connectivity index (χ1) is 10.00. The highest BCUT2D eigenvalue weighted by Gasteiger charge is 2.16. The molecule has 0 spiro atoms. The van der Waals surface area contributed by atoms with Crippen LogP contribution in [0, 0.1) is 12.3 Å². The number of nitrogens with one attached hydrogen (secondary N) is 1. The number of hydrogen-bond acceptors (Lipinski definition) is 4. The number of aryl methyl sites for hydroxylation is 1. The Hall–Kier alpha value is -1.13. The van der Waals surface area contributed by atoms with E-state index in [1.54, 1.807) is 0 Å². The van der Waals surface area contributed by atoms with E-state index in [9.17, 15) is 0 Å². The maximum atomic E-state index is 5.41. The molecule has 2 rings (SSSR count). The largest absolute Gasteiger partial charge is 0.379 e. The van der Waals surface area contributed by atoms with Crippen LogP contribution in [0.15, 0.2) is 12.3 Å². The zero-order valence-electron chi connectivity index (χ0n) is 13.9. The number of rotatable bonds is 6. The van der Waals surface area contributed by atoms with E-state index in [2.05, 4.69) is 49.0 Å². The number of ether oxygens (including phenoxy) is 1. The van der Waals surface area contributed by atoms with Gasteiger partial charge in [0, 0.05) is 32.4 Å². The van der Waals surface area contributed by atoms with E-state index in [0.717, 1.165) is 51.6 Å². The second-order valence-corrected chi connectivity index (χ2v) is 6.76. The van der Waals surface area contributed by atoms with E-state index in [-0.39, 0.29) is 0 Å². The molecule has 1 fully saturated rings. The maximum Gasteiger partial charge on any atom is 0.126 e. The van der Waals surface area contributed by atoms with Crippen LogP contribution < -0.4 is 5.32 Å². The van der Waals surface area contributed by atoms with Crippen molar-refractivity contribution in [1.29, 1.82) is 0 Å². The number of morpholine rings is 1. The van der Waals surface area contributed by atoms with Gasteiger partial charge in [0.2, 0.25) is 0 Å². The predicted octanol–water partition coefficient (Wildman–Crippen LogP) is 3.07. The molecule has 1 aromatic rings. The fourth-order valence-corrected chi connectivity index (χ4v) is 2.29. The lowest BCUT2D eigenvalue weighted by atomic mass is 9.90. The van der Waals surface area contributed by atoms with Crippen molar-refractivity contribution >= 4 is 5.82 Å². The van der Waals surface area contributed by atoms with Gasteiger partial charge in [-0.05, 0) is 36.0 Å². The molecule has 0 aliphatic carbocycles. The van der Waals surface area contributed by atoms with Gasteiger partial charge in [-0.1, -0.05) is 20.8 Å². The van der Waals surface area contributed by atoms with Gasteiger partial charge in [-0.15, -0.1) is 0 Å². The Morgan fingerprint density at radius 3 is 2.71 bits per heavy atom. The SMILES string of the molecule is CCC(C)(C)CNc1cc(CN2CCOCC2)c(C)cn1. The molecular weight excluding hydrogens is 262 g/mol. The smallest absolute Gasteiger partial charge is 0.126 e. The van der Waals surface area contributed by atoms with Gasteiger partial charge >= 0.3 is 0 Å². The molecule has 4 heteroatoms. The Morgan fingerprint density at radius 1 is 1.33 bits per heavy atom. The highest BCUT2D eigenvalue weighted by Crippen LogP contribution is 2.21. The Kier molecular flexibility index (Phi) is 5.59. The predicted molar refractivity (Wildman–Crippen MR) is 87.6 cm³/mol. The normalized spacial score (nSPS) is 17.0. The summed E-state index contributed by atoms with van der Waals surface area (Å²) in [6.45, 7) is 14.6. The summed E-state index contributed by atoms with van der Waals surface area (Å²) in [5, 5.41) is 3.49. The number of hydrogen-bond donors (Lipinski definition) is 1. The van der Waals surface area contributed by atoms with Crippen molar-refractivity contribution in [2.45, 2.75) is 40.7 Å². The molecule has 118 valence electrons. The minimum Gasteiger partial charge on any atom is -0.379 e. The molecule has 4 nitrogen and oxygen atoms in total. The van der Waals surface area contributed by atoms with Gasteiger partial charge in [0.1, 0.15) is 5.82 Å². The Labute approximate surface area is 128 Å². The van der Waals surface area contributed by atoms with Gasteiger partial charge in [0.15, 0.2) is 0 Å². The van der Waals surface area contributed by atoms with Gasteiger partial charge in [0.25, 0.3) is 0 Å². The third kappa shape index (κ3) is 4.97. The number of anilines is 1. The van der Waals surface area contributed by atoms with Crippen LogP contribution in [-0.4, -0.2) is 42.7 Å². The summed E-state index contributed by atoms with van der Waals surface area (Å²) in [7, 11) is 0. The first-order valence-corrected chi connectivity index (χ1v) is 8.00. The first kappa shape index (κ1) is 16.2. The standard InChI is InChI=1S/C17H29N3O/c1-5-17(3,4)13-19-16-10-15(14(2)11-18-16)12-20-6-8-21-9-7-20/h10-11H,5-9,12-13H2,1-4H3,(H,18,19). The number of aromatic nitrogens is 1. The molecule has 2 heterocycles.